The van der Waals surface area contributed by atoms with Gasteiger partial charge in [0.05, 0.1) is 12.1 Å². The van der Waals surface area contributed by atoms with Crippen LogP contribution in [0.2, 0.25) is 0 Å². The Hall–Kier alpha value is -1.33. The number of hydrogen-bond acceptors (Lipinski definition) is 2. The van der Waals surface area contributed by atoms with Crippen molar-refractivity contribution in [2.75, 3.05) is 6.54 Å². The largest absolute Gasteiger partial charge is 0.285 e. The highest BCUT2D eigenvalue weighted by Crippen LogP contribution is 2.56. The normalized spacial score (nSPS) is 35.1. The van der Waals surface area contributed by atoms with E-state index >= 15 is 0 Å². The molecular weight excluding hydrogens is 268 g/mol. The highest BCUT2D eigenvalue weighted by Gasteiger charge is 2.54. The second kappa shape index (κ2) is 5.10. The smallest absolute Gasteiger partial charge is 0.0951 e. The summed E-state index contributed by atoms with van der Waals surface area (Å²) in [7, 11) is 0. The highest BCUT2D eigenvalue weighted by atomic mass is 15.2. The van der Waals surface area contributed by atoms with Crippen molar-refractivity contribution in [3.8, 4) is 6.07 Å². The Bertz CT molecular complexity index is 629. The molecule has 1 aromatic carbocycles. The molecule has 1 heterocycles. The van der Waals surface area contributed by atoms with E-state index in [1.165, 1.54) is 37.7 Å². The first-order chi connectivity index (χ1) is 10.7. The van der Waals surface area contributed by atoms with Crippen LogP contribution in [0.5, 0.6) is 0 Å². The molecule has 2 nitrogen and oxygen atoms in total. The molecule has 0 amide bonds. The Balaban J connectivity index is 1.84. The van der Waals surface area contributed by atoms with Gasteiger partial charge in [0, 0.05) is 18.0 Å². The number of piperidine rings is 1. The lowest BCUT2D eigenvalue weighted by molar-refractivity contribution is -0.0200. The van der Waals surface area contributed by atoms with E-state index in [0.717, 1.165) is 18.9 Å². The average molecular weight is 294 g/mol. The lowest BCUT2D eigenvalue weighted by Crippen LogP contribution is -2.62. The number of hydrogen-bond donors (Lipinski definition) is 0. The molecule has 4 rings (SSSR count). The van der Waals surface area contributed by atoms with Gasteiger partial charge in [0.1, 0.15) is 0 Å². The fourth-order valence-corrected chi connectivity index (χ4v) is 5.70. The lowest BCUT2D eigenvalue weighted by Gasteiger charge is -2.59. The van der Waals surface area contributed by atoms with Crippen molar-refractivity contribution in [3.05, 3.63) is 34.9 Å². The topological polar surface area (TPSA) is 27.0 Å². The van der Waals surface area contributed by atoms with Gasteiger partial charge >= 0.3 is 0 Å². The van der Waals surface area contributed by atoms with E-state index < -0.39 is 0 Å². The van der Waals surface area contributed by atoms with Crippen molar-refractivity contribution in [2.45, 2.75) is 69.9 Å². The fraction of sp³-hybridized carbons (Fsp3) is 0.650. The molecule has 0 aromatic heterocycles. The molecule has 2 unspecified atom stereocenters. The van der Waals surface area contributed by atoms with Crippen LogP contribution in [-0.2, 0) is 11.8 Å². The second-order valence-corrected chi connectivity index (χ2v) is 7.73. The molecule has 0 radical (unpaired) electrons. The van der Waals surface area contributed by atoms with Crippen LogP contribution in [0.1, 0.15) is 55.7 Å². The summed E-state index contributed by atoms with van der Waals surface area (Å²) in [6.45, 7) is 5.41. The van der Waals surface area contributed by atoms with Crippen LogP contribution in [0, 0.1) is 24.2 Å². The fourth-order valence-electron chi connectivity index (χ4n) is 5.70. The second-order valence-electron chi connectivity index (χ2n) is 7.73. The van der Waals surface area contributed by atoms with Crippen LogP contribution < -0.4 is 0 Å². The van der Waals surface area contributed by atoms with Crippen LogP contribution in [0.3, 0.4) is 0 Å². The van der Waals surface area contributed by atoms with Crippen molar-refractivity contribution in [2.24, 2.45) is 5.92 Å². The molecule has 22 heavy (non-hydrogen) atoms. The van der Waals surface area contributed by atoms with Gasteiger partial charge in [-0.3, -0.25) is 4.90 Å². The average Bonchev–Trinajstić information content (AvgIpc) is 2.55. The molecule has 2 heteroatoms. The first kappa shape index (κ1) is 14.3. The Labute approximate surface area is 134 Å². The number of nitrogens with zero attached hydrogens (tertiary/aromatic N) is 2. The Morgan fingerprint density at radius 3 is 3.00 bits per heavy atom. The zero-order valence-electron chi connectivity index (χ0n) is 13.8. The van der Waals surface area contributed by atoms with Crippen LogP contribution in [0.15, 0.2) is 18.2 Å². The molecule has 4 atom stereocenters. The van der Waals surface area contributed by atoms with Gasteiger partial charge in [0.25, 0.3) is 0 Å². The predicted molar refractivity (Wildman–Crippen MR) is 88.7 cm³/mol. The molecule has 2 fully saturated rings. The molecule has 1 aromatic rings. The Kier molecular flexibility index (Phi) is 3.31. The van der Waals surface area contributed by atoms with Gasteiger partial charge in [0.2, 0.25) is 0 Å². The van der Waals surface area contributed by atoms with Gasteiger partial charge in [-0.1, -0.05) is 36.6 Å². The van der Waals surface area contributed by atoms with Crippen LogP contribution in [0.4, 0.5) is 0 Å². The SMILES string of the molecule is Cc1ccc2c(c1)[C@@]13CCCC[C@H]1C(C2)N(C(C)C#N)CC3. The third kappa shape index (κ3) is 1.88. The first-order valence-corrected chi connectivity index (χ1v) is 8.91. The van der Waals surface area contributed by atoms with Crippen LogP contribution >= 0.6 is 0 Å². The van der Waals surface area contributed by atoms with E-state index in [1.807, 2.05) is 0 Å². The molecule has 1 aliphatic heterocycles. The van der Waals surface area contributed by atoms with E-state index in [-0.39, 0.29) is 6.04 Å². The summed E-state index contributed by atoms with van der Waals surface area (Å²) in [4.78, 5) is 2.51. The molecule has 116 valence electrons. The summed E-state index contributed by atoms with van der Waals surface area (Å²) in [5.74, 6) is 0.764. The third-order valence-electron chi connectivity index (χ3n) is 6.72. The van der Waals surface area contributed by atoms with E-state index in [4.69, 9.17) is 0 Å². The van der Waals surface area contributed by atoms with Gasteiger partial charge in [-0.25, -0.2) is 0 Å². The Morgan fingerprint density at radius 1 is 1.32 bits per heavy atom. The molecule has 2 aliphatic carbocycles. The van der Waals surface area contributed by atoms with E-state index in [1.54, 1.807) is 11.1 Å². The van der Waals surface area contributed by atoms with Crippen molar-refractivity contribution >= 4 is 0 Å². The number of likely N-dealkylation sites (tertiary alicyclic amines) is 1. The number of rotatable bonds is 1. The van der Waals surface area contributed by atoms with E-state index in [9.17, 15) is 5.26 Å². The lowest BCUT2D eigenvalue weighted by atomic mass is 9.52. The van der Waals surface area contributed by atoms with Gasteiger partial charge < -0.3 is 0 Å². The van der Waals surface area contributed by atoms with Crippen molar-refractivity contribution in [3.63, 3.8) is 0 Å². The quantitative estimate of drug-likeness (QED) is 0.783. The molecule has 0 spiro atoms. The molecule has 1 saturated carbocycles. The molecule has 3 aliphatic rings. The molecular formula is C20H26N2. The zero-order valence-corrected chi connectivity index (χ0v) is 13.8. The predicted octanol–water partition coefficient (Wildman–Crippen LogP) is 3.97. The van der Waals surface area contributed by atoms with Gasteiger partial charge in [0.15, 0.2) is 0 Å². The Morgan fingerprint density at radius 2 is 2.18 bits per heavy atom. The number of aryl methyl sites for hydroxylation is 1. The zero-order chi connectivity index (χ0) is 15.3. The monoisotopic (exact) mass is 294 g/mol. The maximum atomic E-state index is 9.42. The summed E-state index contributed by atoms with van der Waals surface area (Å²) in [5.41, 5.74) is 5.04. The molecule has 2 bridgehead atoms. The third-order valence-corrected chi connectivity index (χ3v) is 6.72. The number of benzene rings is 1. The standard InChI is InChI=1S/C20H26N2/c1-14-6-7-16-12-19-17-5-3-4-8-20(17,18(16)11-14)9-10-22(19)15(2)13-21/h6-7,11,15,17,19H,3-5,8-10,12H2,1-2H3/t15?,17-,19?,20+/m0/s1. The summed E-state index contributed by atoms with van der Waals surface area (Å²) in [5, 5.41) is 9.42. The number of nitriles is 1. The molecule has 0 N–H and O–H groups in total. The maximum absolute atomic E-state index is 9.42. The van der Waals surface area contributed by atoms with Gasteiger partial charge in [-0.15, -0.1) is 0 Å². The minimum atomic E-state index is 0.0527. The van der Waals surface area contributed by atoms with Gasteiger partial charge in [-0.05, 0) is 56.6 Å². The van der Waals surface area contributed by atoms with E-state index in [0.29, 0.717) is 11.5 Å². The number of fused-ring (bicyclic) bond motifs is 1. The van der Waals surface area contributed by atoms with Crippen LogP contribution in [0.25, 0.3) is 0 Å². The summed E-state index contributed by atoms with van der Waals surface area (Å²) in [6.07, 6.45) is 7.86. The minimum absolute atomic E-state index is 0.0527. The van der Waals surface area contributed by atoms with E-state index in [2.05, 4.69) is 43.0 Å². The van der Waals surface area contributed by atoms with Crippen LogP contribution in [-0.4, -0.2) is 23.5 Å². The summed E-state index contributed by atoms with van der Waals surface area (Å²) >= 11 is 0. The minimum Gasteiger partial charge on any atom is -0.285 e. The summed E-state index contributed by atoms with van der Waals surface area (Å²) < 4.78 is 0. The molecule has 1 saturated heterocycles. The first-order valence-electron chi connectivity index (χ1n) is 8.91. The van der Waals surface area contributed by atoms with Crippen molar-refractivity contribution in [1.29, 1.82) is 5.26 Å². The maximum Gasteiger partial charge on any atom is 0.0951 e. The van der Waals surface area contributed by atoms with Crippen molar-refractivity contribution < 1.29 is 0 Å². The van der Waals surface area contributed by atoms with Gasteiger partial charge in [-0.2, -0.15) is 5.26 Å². The summed E-state index contributed by atoms with van der Waals surface area (Å²) in [6, 6.07) is 10.2. The van der Waals surface area contributed by atoms with Crippen molar-refractivity contribution in [1.82, 2.24) is 4.90 Å². The highest BCUT2D eigenvalue weighted by molar-refractivity contribution is 5.43.